The maximum absolute atomic E-state index is 9.24. The molecule has 0 aromatic heterocycles. The quantitative estimate of drug-likeness (QED) is 0.353. The SMILES string of the molecule is O.O.O.O.O.O=P(=O)OP(=O)=O.[Na+].[Na+].[O-2]. The summed E-state index contributed by atoms with van der Waals surface area (Å²) >= 11 is 0. The first-order valence-electron chi connectivity index (χ1n) is 1.10. The van der Waals surface area contributed by atoms with Gasteiger partial charge in [0.05, 0.1) is 0 Å². The van der Waals surface area contributed by atoms with Gasteiger partial charge in [0.15, 0.2) is 0 Å². The summed E-state index contributed by atoms with van der Waals surface area (Å²) in [5.74, 6) is 0. The van der Waals surface area contributed by atoms with Crippen molar-refractivity contribution in [3.63, 3.8) is 0 Å². The predicted molar refractivity (Wildman–Crippen MR) is 36.4 cm³/mol. The van der Waals surface area contributed by atoms with Crippen LogP contribution >= 0.6 is 15.8 Å². The van der Waals surface area contributed by atoms with Crippen molar-refractivity contribution in [2.75, 3.05) is 0 Å². The van der Waals surface area contributed by atoms with Crippen LogP contribution in [0.1, 0.15) is 0 Å². The molecular weight excluding hydrogens is 284 g/mol. The zero-order valence-electron chi connectivity index (χ0n) is 7.84. The summed E-state index contributed by atoms with van der Waals surface area (Å²) < 4.78 is 40.1. The number of hydrogen-bond donors (Lipinski definition) is 0. The normalized spacial score (nSPS) is 3.73. The minimum atomic E-state index is -3.24. The zero-order chi connectivity index (χ0) is 5.86. The van der Waals surface area contributed by atoms with E-state index in [1.807, 2.05) is 0 Å². The Labute approximate surface area is 129 Å². The van der Waals surface area contributed by atoms with Crippen LogP contribution in [0.3, 0.4) is 0 Å². The van der Waals surface area contributed by atoms with Crippen LogP contribution in [0.4, 0.5) is 0 Å². The third kappa shape index (κ3) is 93.1. The summed E-state index contributed by atoms with van der Waals surface area (Å²) in [4.78, 5) is 0. The van der Waals surface area contributed by atoms with Gasteiger partial charge in [-0.25, -0.2) is 18.3 Å². The van der Waals surface area contributed by atoms with Crippen LogP contribution in [0.15, 0.2) is 0 Å². The molecule has 0 aliphatic carbocycles. The molecule has 15 heteroatoms. The molecule has 15 heavy (non-hydrogen) atoms. The van der Waals surface area contributed by atoms with Crippen LogP contribution in [-0.2, 0) is 28.0 Å². The maximum atomic E-state index is 9.24. The molecule has 0 aromatic rings. The summed E-state index contributed by atoms with van der Waals surface area (Å²) in [6.07, 6.45) is 0. The third-order valence-corrected chi connectivity index (χ3v) is 1.20. The Bertz CT molecular complexity index is 145. The Morgan fingerprint density at radius 2 is 0.733 bits per heavy atom. The Morgan fingerprint density at radius 3 is 0.733 bits per heavy atom. The van der Waals surface area contributed by atoms with E-state index in [9.17, 15) is 18.3 Å². The molecule has 0 saturated heterocycles. The molecule has 0 amide bonds. The van der Waals surface area contributed by atoms with Crippen molar-refractivity contribution in [3.8, 4) is 0 Å². The molecule has 0 aliphatic heterocycles. The van der Waals surface area contributed by atoms with Crippen LogP contribution < -0.4 is 59.1 Å². The van der Waals surface area contributed by atoms with Gasteiger partial charge in [0.2, 0.25) is 0 Å². The zero-order valence-corrected chi connectivity index (χ0v) is 13.6. The second-order valence-corrected chi connectivity index (χ2v) is 2.08. The van der Waals surface area contributed by atoms with Crippen molar-refractivity contribution < 1.29 is 115 Å². The van der Waals surface area contributed by atoms with Gasteiger partial charge in [0.1, 0.15) is 0 Å². The predicted octanol–water partition coefficient (Wildman–Crippen LogP) is -9.06. The maximum Gasteiger partial charge on any atom is 1.00 e. The molecule has 0 rings (SSSR count). The largest absolute Gasteiger partial charge is 2.00 e. The minimum absolute atomic E-state index is 0. The van der Waals surface area contributed by atoms with Gasteiger partial charge in [0.25, 0.3) is 0 Å². The molecule has 0 atom stereocenters. The third-order valence-electron chi connectivity index (χ3n) is 0.133. The second kappa shape index (κ2) is 45.1. The molecule has 0 unspecified atom stereocenters. The van der Waals surface area contributed by atoms with Crippen LogP contribution in [-0.4, -0.2) is 27.4 Å². The van der Waals surface area contributed by atoms with Crippen LogP contribution in [0, 0.1) is 0 Å². The second-order valence-electron chi connectivity index (χ2n) is 0.529. The monoisotopic (exact) mass is 294 g/mol. The van der Waals surface area contributed by atoms with E-state index in [0.717, 1.165) is 0 Å². The van der Waals surface area contributed by atoms with E-state index in [-0.39, 0.29) is 92.0 Å². The molecule has 88 valence electrons. The van der Waals surface area contributed by atoms with Gasteiger partial charge in [-0.15, -0.1) is 0 Å². The fourth-order valence-corrected chi connectivity index (χ4v) is 0.490. The molecule has 0 aromatic carbocycles. The molecule has 10 N–H and O–H groups in total. The summed E-state index contributed by atoms with van der Waals surface area (Å²) in [7, 11) is -6.47. The topological polar surface area (TPSA) is 264 Å². The van der Waals surface area contributed by atoms with Crippen LogP contribution in [0.2, 0.25) is 0 Å². The van der Waals surface area contributed by atoms with Crippen molar-refractivity contribution in [1.82, 2.24) is 0 Å². The molecule has 0 fully saturated rings. The van der Waals surface area contributed by atoms with E-state index in [4.69, 9.17) is 0 Å². The summed E-state index contributed by atoms with van der Waals surface area (Å²) in [6.45, 7) is 0. The van der Waals surface area contributed by atoms with Crippen molar-refractivity contribution in [3.05, 3.63) is 0 Å². The Hall–Kier alpha value is 1.52. The number of rotatable bonds is 2. The van der Waals surface area contributed by atoms with Gasteiger partial charge >= 0.3 is 74.9 Å². The van der Waals surface area contributed by atoms with E-state index in [1.165, 1.54) is 0 Å². The average molecular weight is 294 g/mol. The summed E-state index contributed by atoms with van der Waals surface area (Å²) in [5, 5.41) is 0. The molecular formula is H10Na2O11P2. The van der Waals surface area contributed by atoms with E-state index in [1.54, 1.807) is 0 Å². The van der Waals surface area contributed by atoms with E-state index >= 15 is 0 Å². The number of hydrogen-bond acceptors (Lipinski definition) is 5. The smallest absolute Gasteiger partial charge is 1.00 e. The molecule has 0 aliphatic rings. The summed E-state index contributed by atoms with van der Waals surface area (Å²) in [6, 6.07) is 0. The fraction of sp³-hybridized carbons (Fsp3) is 0. The first-order chi connectivity index (χ1) is 3.13. The van der Waals surface area contributed by atoms with Gasteiger partial charge in [0, 0.05) is 0 Å². The van der Waals surface area contributed by atoms with Gasteiger partial charge in [-0.3, -0.25) is 0 Å². The van der Waals surface area contributed by atoms with Gasteiger partial charge < -0.3 is 32.9 Å². The molecule has 0 saturated carbocycles. The van der Waals surface area contributed by atoms with Gasteiger partial charge in [-0.2, -0.15) is 4.31 Å². The van der Waals surface area contributed by atoms with Gasteiger partial charge in [-0.1, -0.05) is 0 Å². The fourth-order valence-electron chi connectivity index (χ4n) is 0.0544. The van der Waals surface area contributed by atoms with Crippen molar-refractivity contribution in [2.24, 2.45) is 0 Å². The summed E-state index contributed by atoms with van der Waals surface area (Å²) in [5.41, 5.74) is 0. The van der Waals surface area contributed by atoms with Crippen molar-refractivity contribution in [1.29, 1.82) is 0 Å². The van der Waals surface area contributed by atoms with E-state index < -0.39 is 15.8 Å². The Kier molecular flexibility index (Phi) is 211. The van der Waals surface area contributed by atoms with E-state index in [2.05, 4.69) is 4.31 Å². The van der Waals surface area contributed by atoms with Crippen LogP contribution in [0.25, 0.3) is 0 Å². The van der Waals surface area contributed by atoms with Gasteiger partial charge in [-0.05, 0) is 0 Å². The van der Waals surface area contributed by atoms with E-state index in [0.29, 0.717) is 0 Å². The van der Waals surface area contributed by atoms with Crippen molar-refractivity contribution >= 4 is 15.8 Å². The molecule has 11 nitrogen and oxygen atoms in total. The molecule has 0 spiro atoms. The van der Waals surface area contributed by atoms with Crippen LogP contribution in [0.5, 0.6) is 0 Å². The Balaban J connectivity index is -0.00000000643. The average Bonchev–Trinajstić information content (AvgIpc) is 1.27. The standard InChI is InChI=1S/2Na.O5P2.5H2O.O/c;;1-6(2)5-7(3)4;;;;;;/h;;;5*1H2;/q2*+1;;;;;;;-2. The minimum Gasteiger partial charge on any atom is -2.00 e. The van der Waals surface area contributed by atoms with Crippen molar-refractivity contribution in [2.45, 2.75) is 0 Å². The molecule has 0 heterocycles. The first-order valence-corrected chi connectivity index (χ1v) is 3.29. The molecule has 0 bridgehead atoms. The first kappa shape index (κ1) is 70.4. The Morgan fingerprint density at radius 1 is 0.600 bits per heavy atom. The molecule has 0 radical (unpaired) electrons.